The Bertz CT molecular complexity index is 451. The number of thiazole rings is 1. The second kappa shape index (κ2) is 9.58. The van der Waals surface area contributed by atoms with E-state index in [1.165, 1.54) is 4.88 Å². The molecular formula is C14H28IN5S. The van der Waals surface area contributed by atoms with E-state index in [1.54, 1.807) is 18.4 Å². The molecule has 0 fully saturated rings. The average molecular weight is 425 g/mol. The van der Waals surface area contributed by atoms with Gasteiger partial charge in [0.15, 0.2) is 5.96 Å². The SMILES string of the molecule is CN=C(NCCNC(C)(C)C)NCc1sc(C)nc1C.I. The Kier molecular flexibility index (Phi) is 9.39. The van der Waals surface area contributed by atoms with Gasteiger partial charge in [0.25, 0.3) is 0 Å². The predicted octanol–water partition coefficient (Wildman–Crippen LogP) is 2.43. The summed E-state index contributed by atoms with van der Waals surface area (Å²) in [7, 11) is 1.79. The number of rotatable bonds is 5. The minimum absolute atomic E-state index is 0. The zero-order chi connectivity index (χ0) is 15.2. The highest BCUT2D eigenvalue weighted by molar-refractivity contribution is 14.0. The number of nitrogens with one attached hydrogen (secondary N) is 3. The van der Waals surface area contributed by atoms with E-state index < -0.39 is 0 Å². The normalized spacial score (nSPS) is 12.0. The van der Waals surface area contributed by atoms with Gasteiger partial charge >= 0.3 is 0 Å². The van der Waals surface area contributed by atoms with Crippen molar-refractivity contribution in [2.45, 2.75) is 46.7 Å². The molecule has 0 atom stereocenters. The molecule has 21 heavy (non-hydrogen) atoms. The monoisotopic (exact) mass is 425 g/mol. The van der Waals surface area contributed by atoms with Crippen LogP contribution in [0.4, 0.5) is 0 Å². The first-order valence-corrected chi connectivity index (χ1v) is 7.76. The average Bonchev–Trinajstić information content (AvgIpc) is 2.66. The van der Waals surface area contributed by atoms with Gasteiger partial charge in [0.2, 0.25) is 0 Å². The van der Waals surface area contributed by atoms with Gasteiger partial charge in [-0.15, -0.1) is 35.3 Å². The van der Waals surface area contributed by atoms with E-state index >= 15 is 0 Å². The van der Waals surface area contributed by atoms with E-state index in [4.69, 9.17) is 0 Å². The molecule has 1 aromatic heterocycles. The maximum Gasteiger partial charge on any atom is 0.191 e. The molecule has 1 heterocycles. The Hall–Kier alpha value is -0.410. The summed E-state index contributed by atoms with van der Waals surface area (Å²) < 4.78 is 0. The maximum absolute atomic E-state index is 4.43. The van der Waals surface area contributed by atoms with E-state index in [0.29, 0.717) is 0 Å². The smallest absolute Gasteiger partial charge is 0.191 e. The standard InChI is InChI=1S/C14H27N5S.HI/c1-10-12(20-11(2)19-10)9-17-13(15-6)16-7-8-18-14(3,4)5;/h18H,7-9H2,1-6H3,(H2,15,16,17);1H. The van der Waals surface area contributed by atoms with Crippen LogP contribution in [-0.2, 0) is 6.54 Å². The van der Waals surface area contributed by atoms with E-state index in [2.05, 4.69) is 46.7 Å². The van der Waals surface area contributed by atoms with Crippen molar-refractivity contribution in [2.24, 2.45) is 4.99 Å². The molecule has 0 spiro atoms. The molecule has 0 aromatic carbocycles. The molecule has 0 saturated carbocycles. The summed E-state index contributed by atoms with van der Waals surface area (Å²) in [5.74, 6) is 0.825. The molecule has 1 rings (SSSR count). The van der Waals surface area contributed by atoms with Crippen LogP contribution in [0, 0.1) is 13.8 Å². The fourth-order valence-corrected chi connectivity index (χ4v) is 2.62. The van der Waals surface area contributed by atoms with Crippen LogP contribution < -0.4 is 16.0 Å². The van der Waals surface area contributed by atoms with E-state index in [9.17, 15) is 0 Å². The number of aliphatic imine (C=N–C) groups is 1. The lowest BCUT2D eigenvalue weighted by Gasteiger charge is -2.21. The largest absolute Gasteiger partial charge is 0.355 e. The first-order chi connectivity index (χ1) is 9.31. The van der Waals surface area contributed by atoms with Crippen LogP contribution in [0.3, 0.4) is 0 Å². The summed E-state index contributed by atoms with van der Waals surface area (Å²) in [6, 6.07) is 0. The summed E-state index contributed by atoms with van der Waals surface area (Å²) in [6.45, 7) is 13.1. The predicted molar refractivity (Wildman–Crippen MR) is 103 cm³/mol. The van der Waals surface area contributed by atoms with Crippen molar-refractivity contribution in [3.05, 3.63) is 15.6 Å². The summed E-state index contributed by atoms with van der Waals surface area (Å²) in [5, 5.41) is 11.2. The van der Waals surface area contributed by atoms with Gasteiger partial charge in [0.05, 0.1) is 17.2 Å². The minimum Gasteiger partial charge on any atom is -0.355 e. The number of halogens is 1. The van der Waals surface area contributed by atoms with Crippen LogP contribution in [0.25, 0.3) is 0 Å². The third-order valence-corrected chi connectivity index (χ3v) is 3.79. The third kappa shape index (κ3) is 8.57. The molecule has 0 bridgehead atoms. The highest BCUT2D eigenvalue weighted by Gasteiger charge is 2.08. The quantitative estimate of drug-likeness (QED) is 0.294. The third-order valence-electron chi connectivity index (χ3n) is 2.71. The number of hydrogen-bond acceptors (Lipinski definition) is 4. The Balaban J connectivity index is 0.00000400. The second-order valence-corrected chi connectivity index (χ2v) is 7.06. The zero-order valence-corrected chi connectivity index (χ0v) is 17.0. The van der Waals surface area contributed by atoms with Crippen molar-refractivity contribution in [1.82, 2.24) is 20.9 Å². The maximum atomic E-state index is 4.43. The van der Waals surface area contributed by atoms with Gasteiger partial charge in [-0.1, -0.05) is 0 Å². The van der Waals surface area contributed by atoms with Crippen molar-refractivity contribution < 1.29 is 0 Å². The van der Waals surface area contributed by atoms with Crippen LogP contribution >= 0.6 is 35.3 Å². The number of aromatic nitrogens is 1. The highest BCUT2D eigenvalue weighted by Crippen LogP contribution is 2.16. The molecule has 0 aliphatic heterocycles. The molecule has 0 radical (unpaired) electrons. The molecular weight excluding hydrogens is 397 g/mol. The second-order valence-electron chi connectivity index (χ2n) is 5.77. The van der Waals surface area contributed by atoms with Crippen LogP contribution in [-0.4, -0.2) is 36.6 Å². The first-order valence-electron chi connectivity index (χ1n) is 6.94. The van der Waals surface area contributed by atoms with Gasteiger partial charge in [-0.3, -0.25) is 4.99 Å². The van der Waals surface area contributed by atoms with E-state index in [1.807, 2.05) is 13.8 Å². The topological polar surface area (TPSA) is 61.3 Å². The Labute approximate surface area is 149 Å². The molecule has 0 saturated heterocycles. The Morgan fingerprint density at radius 3 is 2.33 bits per heavy atom. The Morgan fingerprint density at radius 2 is 1.86 bits per heavy atom. The van der Waals surface area contributed by atoms with Crippen LogP contribution in [0.2, 0.25) is 0 Å². The van der Waals surface area contributed by atoms with Crippen LogP contribution in [0.1, 0.15) is 36.3 Å². The van der Waals surface area contributed by atoms with Crippen molar-refractivity contribution in [2.75, 3.05) is 20.1 Å². The van der Waals surface area contributed by atoms with Crippen molar-refractivity contribution in [3.63, 3.8) is 0 Å². The van der Waals surface area contributed by atoms with Crippen LogP contribution in [0.5, 0.6) is 0 Å². The lowest BCUT2D eigenvalue weighted by Crippen LogP contribution is -2.44. The molecule has 7 heteroatoms. The van der Waals surface area contributed by atoms with Gasteiger partial charge in [-0.2, -0.15) is 0 Å². The molecule has 1 aromatic rings. The van der Waals surface area contributed by atoms with Crippen LogP contribution in [0.15, 0.2) is 4.99 Å². The highest BCUT2D eigenvalue weighted by atomic mass is 127. The minimum atomic E-state index is 0. The summed E-state index contributed by atoms with van der Waals surface area (Å²) in [5.41, 5.74) is 1.25. The molecule has 0 aliphatic rings. The van der Waals surface area contributed by atoms with Gasteiger partial charge < -0.3 is 16.0 Å². The summed E-state index contributed by atoms with van der Waals surface area (Å²) in [6.07, 6.45) is 0. The van der Waals surface area contributed by atoms with Crippen molar-refractivity contribution in [3.8, 4) is 0 Å². The number of nitrogens with zero attached hydrogens (tertiary/aromatic N) is 2. The zero-order valence-electron chi connectivity index (χ0n) is 13.8. The fourth-order valence-electron chi connectivity index (χ4n) is 1.74. The fraction of sp³-hybridized carbons (Fsp3) is 0.714. The first kappa shape index (κ1) is 20.6. The molecule has 5 nitrogen and oxygen atoms in total. The lowest BCUT2D eigenvalue weighted by atomic mass is 10.1. The molecule has 122 valence electrons. The number of hydrogen-bond donors (Lipinski definition) is 3. The number of guanidine groups is 1. The van der Waals surface area contributed by atoms with Crippen molar-refractivity contribution >= 4 is 41.3 Å². The van der Waals surface area contributed by atoms with E-state index in [0.717, 1.165) is 36.3 Å². The van der Waals surface area contributed by atoms with Crippen molar-refractivity contribution in [1.29, 1.82) is 0 Å². The lowest BCUT2D eigenvalue weighted by molar-refractivity contribution is 0.428. The van der Waals surface area contributed by atoms with E-state index in [-0.39, 0.29) is 29.5 Å². The van der Waals surface area contributed by atoms with Gasteiger partial charge in [-0.25, -0.2) is 4.98 Å². The molecule has 3 N–H and O–H groups in total. The van der Waals surface area contributed by atoms with Gasteiger partial charge in [-0.05, 0) is 34.6 Å². The molecule has 0 unspecified atom stereocenters. The Morgan fingerprint density at radius 1 is 1.19 bits per heavy atom. The molecule has 0 amide bonds. The van der Waals surface area contributed by atoms with Gasteiger partial charge in [0.1, 0.15) is 0 Å². The summed E-state index contributed by atoms with van der Waals surface area (Å²) >= 11 is 1.73. The summed E-state index contributed by atoms with van der Waals surface area (Å²) in [4.78, 5) is 9.91. The molecule has 0 aliphatic carbocycles. The van der Waals surface area contributed by atoms with Gasteiger partial charge in [0, 0.05) is 30.6 Å². The number of aryl methyl sites for hydroxylation is 2.